The molecule has 148 valence electrons. The van der Waals surface area contributed by atoms with Crippen molar-refractivity contribution >= 4 is 17.7 Å². The van der Waals surface area contributed by atoms with Crippen LogP contribution in [0.3, 0.4) is 0 Å². The number of hydrogen-bond donors (Lipinski definition) is 1. The molecule has 0 radical (unpaired) electrons. The molecule has 3 heterocycles. The SMILES string of the molecule is CCC(=O)N1CCC(NC(=O)N2CCC[C@@H](C(=O)c3nccn3C)C2)CC1. The first-order valence-electron chi connectivity index (χ1n) is 9.84. The second-order valence-electron chi connectivity index (χ2n) is 7.47. The number of carbonyl (C=O) groups excluding carboxylic acids is 3. The van der Waals surface area contributed by atoms with E-state index in [1.54, 1.807) is 21.9 Å². The fraction of sp³-hybridized carbons (Fsp3) is 0.684. The molecule has 1 atom stereocenters. The van der Waals surface area contributed by atoms with Crippen molar-refractivity contribution in [2.75, 3.05) is 26.2 Å². The number of urea groups is 1. The number of carbonyl (C=O) groups is 3. The summed E-state index contributed by atoms with van der Waals surface area (Å²) in [6.07, 6.45) is 7.06. The molecular weight excluding hydrogens is 346 g/mol. The van der Waals surface area contributed by atoms with Crippen LogP contribution >= 0.6 is 0 Å². The highest BCUT2D eigenvalue weighted by Crippen LogP contribution is 2.21. The third kappa shape index (κ3) is 4.48. The van der Waals surface area contributed by atoms with Crippen molar-refractivity contribution in [3.63, 3.8) is 0 Å². The standard InChI is InChI=1S/C19H29N5O3/c1-3-16(25)23-10-6-15(7-11-23)21-19(27)24-9-4-5-14(13-24)17(26)18-20-8-12-22(18)2/h8,12,14-15H,3-7,9-11,13H2,1-2H3,(H,21,27)/t14-/m1/s1. The van der Waals surface area contributed by atoms with Gasteiger partial charge in [-0.1, -0.05) is 6.92 Å². The van der Waals surface area contributed by atoms with Crippen molar-refractivity contribution in [3.05, 3.63) is 18.2 Å². The van der Waals surface area contributed by atoms with E-state index < -0.39 is 0 Å². The summed E-state index contributed by atoms with van der Waals surface area (Å²) < 4.78 is 1.73. The summed E-state index contributed by atoms with van der Waals surface area (Å²) in [6.45, 7) is 4.36. The Labute approximate surface area is 159 Å². The molecule has 2 aliphatic rings. The summed E-state index contributed by atoms with van der Waals surface area (Å²) in [5.41, 5.74) is 0. The number of nitrogens with one attached hydrogen (secondary N) is 1. The zero-order valence-corrected chi connectivity index (χ0v) is 16.2. The fourth-order valence-corrected chi connectivity index (χ4v) is 3.92. The zero-order valence-electron chi connectivity index (χ0n) is 16.2. The van der Waals surface area contributed by atoms with Gasteiger partial charge >= 0.3 is 6.03 Å². The number of nitrogens with zero attached hydrogens (tertiary/aromatic N) is 4. The minimum absolute atomic E-state index is 0.00591. The third-order valence-corrected chi connectivity index (χ3v) is 5.60. The summed E-state index contributed by atoms with van der Waals surface area (Å²) in [5.74, 6) is 0.433. The minimum atomic E-state index is -0.199. The van der Waals surface area contributed by atoms with E-state index in [1.807, 2.05) is 18.9 Å². The highest BCUT2D eigenvalue weighted by atomic mass is 16.2. The van der Waals surface area contributed by atoms with Crippen LogP contribution in [-0.2, 0) is 11.8 Å². The molecule has 0 spiro atoms. The molecule has 0 unspecified atom stereocenters. The number of ketones is 1. The Morgan fingerprint density at radius 2 is 1.89 bits per heavy atom. The van der Waals surface area contributed by atoms with Gasteiger partial charge < -0.3 is 19.7 Å². The van der Waals surface area contributed by atoms with Gasteiger partial charge in [-0.3, -0.25) is 9.59 Å². The molecule has 2 fully saturated rings. The van der Waals surface area contributed by atoms with Crippen LogP contribution in [-0.4, -0.2) is 69.3 Å². The van der Waals surface area contributed by atoms with Crippen molar-refractivity contribution in [2.24, 2.45) is 13.0 Å². The molecule has 1 N–H and O–H groups in total. The van der Waals surface area contributed by atoms with E-state index in [1.165, 1.54) is 0 Å². The van der Waals surface area contributed by atoms with Gasteiger partial charge in [-0.15, -0.1) is 0 Å². The lowest BCUT2D eigenvalue weighted by Gasteiger charge is -2.36. The molecule has 27 heavy (non-hydrogen) atoms. The number of imidazole rings is 1. The van der Waals surface area contributed by atoms with Crippen molar-refractivity contribution in [2.45, 2.75) is 45.1 Å². The van der Waals surface area contributed by atoms with Crippen LogP contribution in [0.25, 0.3) is 0 Å². The monoisotopic (exact) mass is 375 g/mol. The lowest BCUT2D eigenvalue weighted by atomic mass is 9.93. The number of amides is 3. The van der Waals surface area contributed by atoms with Crippen LogP contribution in [0.15, 0.2) is 12.4 Å². The highest BCUT2D eigenvalue weighted by molar-refractivity contribution is 5.95. The van der Waals surface area contributed by atoms with Gasteiger partial charge in [0.1, 0.15) is 0 Å². The van der Waals surface area contributed by atoms with Crippen LogP contribution < -0.4 is 5.32 Å². The van der Waals surface area contributed by atoms with Crippen LogP contribution in [0, 0.1) is 5.92 Å². The van der Waals surface area contributed by atoms with Gasteiger partial charge in [0.05, 0.1) is 0 Å². The first-order valence-corrected chi connectivity index (χ1v) is 9.84. The maximum Gasteiger partial charge on any atom is 0.317 e. The summed E-state index contributed by atoms with van der Waals surface area (Å²) in [5, 5.41) is 3.09. The van der Waals surface area contributed by atoms with E-state index in [4.69, 9.17) is 0 Å². The van der Waals surface area contributed by atoms with Gasteiger partial charge in [-0.25, -0.2) is 9.78 Å². The molecule has 2 aliphatic heterocycles. The second kappa shape index (κ2) is 8.54. The van der Waals surface area contributed by atoms with Crippen LogP contribution in [0.4, 0.5) is 4.79 Å². The molecule has 3 rings (SSSR count). The van der Waals surface area contributed by atoms with E-state index in [2.05, 4.69) is 10.3 Å². The average Bonchev–Trinajstić information content (AvgIpc) is 3.13. The molecule has 8 heteroatoms. The fourth-order valence-electron chi connectivity index (χ4n) is 3.92. The number of piperidine rings is 2. The van der Waals surface area contributed by atoms with E-state index in [-0.39, 0.29) is 29.7 Å². The van der Waals surface area contributed by atoms with Crippen LogP contribution in [0.5, 0.6) is 0 Å². The van der Waals surface area contributed by atoms with Gasteiger partial charge in [0.2, 0.25) is 11.7 Å². The zero-order chi connectivity index (χ0) is 19.4. The summed E-state index contributed by atoms with van der Waals surface area (Å²) >= 11 is 0. The maximum absolute atomic E-state index is 12.7. The quantitative estimate of drug-likeness (QED) is 0.807. The predicted octanol–water partition coefficient (Wildman–Crippen LogP) is 1.43. The number of likely N-dealkylation sites (tertiary alicyclic amines) is 2. The Morgan fingerprint density at radius 1 is 1.15 bits per heavy atom. The van der Waals surface area contributed by atoms with E-state index in [0.29, 0.717) is 38.4 Å². The van der Waals surface area contributed by atoms with Gasteiger partial charge in [0.15, 0.2) is 5.82 Å². The van der Waals surface area contributed by atoms with Gasteiger partial charge in [-0.2, -0.15) is 0 Å². The molecule has 0 saturated carbocycles. The Morgan fingerprint density at radius 3 is 2.52 bits per heavy atom. The van der Waals surface area contributed by atoms with Crippen LogP contribution in [0.1, 0.15) is 49.6 Å². The molecule has 0 bridgehead atoms. The Balaban J connectivity index is 1.51. The van der Waals surface area contributed by atoms with Crippen molar-refractivity contribution in [1.82, 2.24) is 24.7 Å². The van der Waals surface area contributed by atoms with E-state index >= 15 is 0 Å². The molecule has 0 aliphatic carbocycles. The van der Waals surface area contributed by atoms with E-state index in [0.717, 1.165) is 25.7 Å². The highest BCUT2D eigenvalue weighted by Gasteiger charge is 2.32. The molecule has 2 saturated heterocycles. The summed E-state index contributed by atoms with van der Waals surface area (Å²) in [7, 11) is 1.81. The molecule has 1 aromatic rings. The first kappa shape index (κ1) is 19.4. The normalized spacial score (nSPS) is 21.2. The minimum Gasteiger partial charge on any atom is -0.343 e. The predicted molar refractivity (Wildman–Crippen MR) is 100 cm³/mol. The number of aromatic nitrogens is 2. The largest absolute Gasteiger partial charge is 0.343 e. The second-order valence-corrected chi connectivity index (χ2v) is 7.47. The molecular formula is C19H29N5O3. The summed E-state index contributed by atoms with van der Waals surface area (Å²) in [4.78, 5) is 44.9. The number of hydrogen-bond acceptors (Lipinski definition) is 4. The van der Waals surface area contributed by atoms with Gasteiger partial charge in [0, 0.05) is 64.0 Å². The van der Waals surface area contributed by atoms with Crippen molar-refractivity contribution < 1.29 is 14.4 Å². The van der Waals surface area contributed by atoms with Crippen molar-refractivity contribution in [1.29, 1.82) is 0 Å². The Kier molecular flexibility index (Phi) is 6.13. The number of Topliss-reactive ketones (excluding diaryl/α,β-unsaturated/α-hetero) is 1. The molecule has 3 amide bonds. The lowest BCUT2D eigenvalue weighted by Crippen LogP contribution is -2.52. The topological polar surface area (TPSA) is 87.5 Å². The maximum atomic E-state index is 12.7. The number of rotatable bonds is 4. The Hall–Kier alpha value is -2.38. The van der Waals surface area contributed by atoms with Crippen LogP contribution in [0.2, 0.25) is 0 Å². The molecule has 8 nitrogen and oxygen atoms in total. The van der Waals surface area contributed by atoms with E-state index in [9.17, 15) is 14.4 Å². The smallest absolute Gasteiger partial charge is 0.317 e. The van der Waals surface area contributed by atoms with Gasteiger partial charge in [-0.05, 0) is 25.7 Å². The number of aryl methyl sites for hydroxylation is 1. The summed E-state index contributed by atoms with van der Waals surface area (Å²) in [6, 6.07) is -0.0170. The molecule has 0 aromatic carbocycles. The molecule has 1 aromatic heterocycles. The lowest BCUT2D eigenvalue weighted by molar-refractivity contribution is -0.131. The van der Waals surface area contributed by atoms with Crippen molar-refractivity contribution in [3.8, 4) is 0 Å². The Bertz CT molecular complexity index is 693. The van der Waals surface area contributed by atoms with Gasteiger partial charge in [0.25, 0.3) is 0 Å². The third-order valence-electron chi connectivity index (χ3n) is 5.60. The average molecular weight is 375 g/mol. The first-order chi connectivity index (χ1) is 13.0.